The summed E-state index contributed by atoms with van der Waals surface area (Å²) in [6.07, 6.45) is 2.10. The van der Waals surface area contributed by atoms with E-state index in [1.54, 1.807) is 42.5 Å². The molecule has 0 saturated carbocycles. The first-order valence-corrected chi connectivity index (χ1v) is 12.4. The van der Waals surface area contributed by atoms with Crippen LogP contribution in [0.3, 0.4) is 0 Å². The van der Waals surface area contributed by atoms with Gasteiger partial charge in [0.15, 0.2) is 17.2 Å². The lowest BCUT2D eigenvalue weighted by Gasteiger charge is -2.20. The molecule has 37 heavy (non-hydrogen) atoms. The molecule has 0 spiro atoms. The Morgan fingerprint density at radius 1 is 0.919 bits per heavy atom. The zero-order chi connectivity index (χ0) is 26.8. The SMILES string of the molecule is CCCN(CCC)CCNC(=O)CNC(=O)c1nn(-c2ccc(OC)c(OC)c2)c(=O)c2ccccc12. The monoisotopic (exact) mass is 509 g/mol. The van der Waals surface area contributed by atoms with Crippen LogP contribution in [0.15, 0.2) is 47.3 Å². The highest BCUT2D eigenvalue weighted by Gasteiger charge is 2.19. The van der Waals surface area contributed by atoms with Gasteiger partial charge in [-0.2, -0.15) is 9.78 Å². The summed E-state index contributed by atoms with van der Waals surface area (Å²) in [6.45, 7) is 7.27. The molecule has 1 aromatic heterocycles. The Kier molecular flexibility index (Phi) is 10.0. The summed E-state index contributed by atoms with van der Waals surface area (Å²) in [5.74, 6) is 0.0653. The smallest absolute Gasteiger partial charge is 0.279 e. The van der Waals surface area contributed by atoms with Gasteiger partial charge in [-0.05, 0) is 44.1 Å². The number of hydrogen-bond donors (Lipinski definition) is 2. The minimum Gasteiger partial charge on any atom is -0.493 e. The zero-order valence-corrected chi connectivity index (χ0v) is 21.9. The molecule has 2 N–H and O–H groups in total. The second-order valence-electron chi connectivity index (χ2n) is 8.52. The predicted octanol–water partition coefficient (Wildman–Crippen LogP) is 2.37. The van der Waals surface area contributed by atoms with Gasteiger partial charge in [-0.25, -0.2) is 0 Å². The number of hydrogen-bond acceptors (Lipinski definition) is 7. The Bertz CT molecular complexity index is 1280. The maximum Gasteiger partial charge on any atom is 0.279 e. The maximum absolute atomic E-state index is 13.2. The van der Waals surface area contributed by atoms with Crippen molar-refractivity contribution in [3.8, 4) is 17.2 Å². The molecule has 3 rings (SSSR count). The van der Waals surface area contributed by atoms with Crippen LogP contribution in [-0.4, -0.2) is 73.4 Å². The Morgan fingerprint density at radius 2 is 1.59 bits per heavy atom. The van der Waals surface area contributed by atoms with Gasteiger partial charge in [-0.3, -0.25) is 14.4 Å². The number of nitrogens with zero attached hydrogens (tertiary/aromatic N) is 3. The minimum atomic E-state index is -0.556. The van der Waals surface area contributed by atoms with Gasteiger partial charge < -0.3 is 25.0 Å². The molecule has 3 aromatic rings. The van der Waals surface area contributed by atoms with Crippen molar-refractivity contribution in [3.05, 3.63) is 58.5 Å². The van der Waals surface area contributed by atoms with E-state index in [1.165, 1.54) is 14.2 Å². The van der Waals surface area contributed by atoms with Crippen molar-refractivity contribution >= 4 is 22.6 Å². The maximum atomic E-state index is 13.2. The Labute approximate surface area is 216 Å². The van der Waals surface area contributed by atoms with Crippen molar-refractivity contribution in [2.24, 2.45) is 0 Å². The van der Waals surface area contributed by atoms with E-state index in [1.807, 2.05) is 0 Å². The fourth-order valence-electron chi connectivity index (χ4n) is 4.12. The molecule has 0 saturated heterocycles. The normalized spacial score (nSPS) is 10.9. The van der Waals surface area contributed by atoms with Crippen molar-refractivity contribution < 1.29 is 19.1 Å². The van der Waals surface area contributed by atoms with Gasteiger partial charge in [0.2, 0.25) is 5.91 Å². The molecule has 2 aromatic carbocycles. The molecule has 2 amide bonds. The molecule has 0 unspecified atom stereocenters. The molecule has 10 heteroatoms. The third kappa shape index (κ3) is 6.85. The van der Waals surface area contributed by atoms with E-state index in [0.29, 0.717) is 34.5 Å². The van der Waals surface area contributed by atoms with Crippen LogP contribution in [-0.2, 0) is 4.79 Å². The largest absolute Gasteiger partial charge is 0.493 e. The Morgan fingerprint density at radius 3 is 2.24 bits per heavy atom. The number of nitrogens with one attached hydrogen (secondary N) is 2. The van der Waals surface area contributed by atoms with E-state index in [4.69, 9.17) is 9.47 Å². The third-order valence-corrected chi connectivity index (χ3v) is 5.87. The molecule has 0 bridgehead atoms. The summed E-state index contributed by atoms with van der Waals surface area (Å²) in [4.78, 5) is 41.0. The first-order chi connectivity index (χ1) is 17.9. The van der Waals surface area contributed by atoms with E-state index in [-0.39, 0.29) is 23.7 Å². The van der Waals surface area contributed by atoms with E-state index >= 15 is 0 Å². The van der Waals surface area contributed by atoms with Gasteiger partial charge in [0, 0.05) is 24.5 Å². The highest BCUT2D eigenvalue weighted by molar-refractivity contribution is 6.05. The summed E-state index contributed by atoms with van der Waals surface area (Å²) in [7, 11) is 3.01. The number of methoxy groups -OCH3 is 2. The lowest BCUT2D eigenvalue weighted by Crippen LogP contribution is -2.41. The quantitative estimate of drug-likeness (QED) is 0.364. The van der Waals surface area contributed by atoms with Crippen LogP contribution in [0.4, 0.5) is 0 Å². The molecular formula is C27H35N5O5. The molecule has 1 heterocycles. The molecule has 0 aliphatic heterocycles. The van der Waals surface area contributed by atoms with E-state index in [0.717, 1.165) is 37.2 Å². The van der Waals surface area contributed by atoms with Crippen LogP contribution in [0.1, 0.15) is 37.2 Å². The molecule has 0 aliphatic carbocycles. The summed E-state index contributed by atoms with van der Waals surface area (Å²) in [6, 6.07) is 11.7. The van der Waals surface area contributed by atoms with Crippen LogP contribution in [0.2, 0.25) is 0 Å². The fourth-order valence-corrected chi connectivity index (χ4v) is 4.12. The van der Waals surface area contributed by atoms with Gasteiger partial charge in [0.05, 0.1) is 31.8 Å². The highest BCUT2D eigenvalue weighted by Crippen LogP contribution is 2.28. The van der Waals surface area contributed by atoms with Gasteiger partial charge in [0.1, 0.15) is 0 Å². The minimum absolute atomic E-state index is 0.0369. The number of carbonyl (C=O) groups excluding carboxylic acids is 2. The van der Waals surface area contributed by atoms with Gasteiger partial charge in [-0.15, -0.1) is 0 Å². The standard InChI is InChI=1S/C27H35N5O5/c1-5-14-31(15-6-2)16-13-28-24(33)18-29-26(34)25-20-9-7-8-10-21(20)27(35)32(30-25)19-11-12-22(36-3)23(17-19)37-4/h7-12,17H,5-6,13-16,18H2,1-4H3,(H,28,33)(H,29,34). The lowest BCUT2D eigenvalue weighted by atomic mass is 10.1. The number of amides is 2. The fraction of sp³-hybridized carbons (Fsp3) is 0.407. The van der Waals surface area contributed by atoms with Gasteiger partial charge >= 0.3 is 0 Å². The lowest BCUT2D eigenvalue weighted by molar-refractivity contribution is -0.120. The van der Waals surface area contributed by atoms with Crippen LogP contribution in [0.25, 0.3) is 16.5 Å². The number of rotatable bonds is 13. The summed E-state index contributed by atoms with van der Waals surface area (Å²) < 4.78 is 11.8. The van der Waals surface area contributed by atoms with Crippen molar-refractivity contribution in [1.29, 1.82) is 0 Å². The first-order valence-electron chi connectivity index (χ1n) is 12.4. The molecular weight excluding hydrogens is 474 g/mol. The van der Waals surface area contributed by atoms with Crippen LogP contribution in [0, 0.1) is 0 Å². The third-order valence-electron chi connectivity index (χ3n) is 5.87. The molecule has 0 atom stereocenters. The van der Waals surface area contributed by atoms with E-state index < -0.39 is 5.91 Å². The van der Waals surface area contributed by atoms with E-state index in [9.17, 15) is 14.4 Å². The Hall–Kier alpha value is -3.92. The topological polar surface area (TPSA) is 115 Å². The molecule has 0 radical (unpaired) electrons. The van der Waals surface area contributed by atoms with Gasteiger partial charge in [0.25, 0.3) is 11.5 Å². The summed E-state index contributed by atoms with van der Waals surface area (Å²) in [5, 5.41) is 10.6. The molecule has 10 nitrogen and oxygen atoms in total. The highest BCUT2D eigenvalue weighted by atomic mass is 16.5. The predicted molar refractivity (Wildman–Crippen MR) is 143 cm³/mol. The van der Waals surface area contributed by atoms with Crippen LogP contribution < -0.4 is 25.7 Å². The number of carbonyl (C=O) groups is 2. The first kappa shape index (κ1) is 27.7. The molecule has 198 valence electrons. The zero-order valence-electron chi connectivity index (χ0n) is 21.9. The van der Waals surface area contributed by atoms with Crippen LogP contribution in [0.5, 0.6) is 11.5 Å². The van der Waals surface area contributed by atoms with Crippen molar-refractivity contribution in [2.75, 3.05) is 46.9 Å². The van der Waals surface area contributed by atoms with Crippen LogP contribution >= 0.6 is 0 Å². The average Bonchev–Trinajstić information content (AvgIpc) is 2.92. The Balaban J connectivity index is 1.79. The number of aromatic nitrogens is 2. The number of ether oxygens (including phenoxy) is 2. The molecule has 0 aliphatic rings. The second kappa shape index (κ2) is 13.4. The van der Waals surface area contributed by atoms with Crippen molar-refractivity contribution in [3.63, 3.8) is 0 Å². The molecule has 0 fully saturated rings. The number of benzene rings is 2. The second-order valence-corrected chi connectivity index (χ2v) is 8.52. The van der Waals surface area contributed by atoms with Gasteiger partial charge in [-0.1, -0.05) is 32.0 Å². The van der Waals surface area contributed by atoms with E-state index in [2.05, 4.69) is 34.5 Å². The number of fused-ring (bicyclic) bond motifs is 1. The average molecular weight is 510 g/mol. The van der Waals surface area contributed by atoms with Crippen molar-refractivity contribution in [1.82, 2.24) is 25.3 Å². The summed E-state index contributed by atoms with van der Waals surface area (Å²) >= 11 is 0. The summed E-state index contributed by atoms with van der Waals surface area (Å²) in [5.41, 5.74) is 0.0552. The van der Waals surface area contributed by atoms with Crippen molar-refractivity contribution in [2.45, 2.75) is 26.7 Å².